The number of carbonyl (C=O) groups is 2. The van der Waals surface area contributed by atoms with Gasteiger partial charge in [-0.05, 0) is 42.9 Å². The summed E-state index contributed by atoms with van der Waals surface area (Å²) >= 11 is 0. The van der Waals surface area contributed by atoms with Crippen LogP contribution in [-0.2, 0) is 20.7 Å². The minimum Gasteiger partial charge on any atom is -0.497 e. The van der Waals surface area contributed by atoms with Gasteiger partial charge >= 0.3 is 5.97 Å². The van der Waals surface area contributed by atoms with Crippen LogP contribution in [0.1, 0.15) is 37.7 Å². The normalized spacial score (nSPS) is 14.5. The molecule has 0 aromatic heterocycles. The lowest BCUT2D eigenvalue weighted by atomic mass is 10.1. The number of hydrogen-bond donors (Lipinski definition) is 1. The molecule has 5 nitrogen and oxygen atoms in total. The summed E-state index contributed by atoms with van der Waals surface area (Å²) in [7, 11) is 1.63. The van der Waals surface area contributed by atoms with E-state index in [1.165, 1.54) is 12.8 Å². The minimum atomic E-state index is -0.262. The predicted molar refractivity (Wildman–Crippen MR) is 87.2 cm³/mol. The first-order chi connectivity index (χ1) is 11.2. The highest BCUT2D eigenvalue weighted by Crippen LogP contribution is 2.27. The minimum absolute atomic E-state index is 0.186. The van der Waals surface area contributed by atoms with Crippen molar-refractivity contribution in [2.45, 2.75) is 38.5 Å². The molecule has 1 saturated carbocycles. The van der Waals surface area contributed by atoms with Gasteiger partial charge in [0.1, 0.15) is 5.75 Å². The quantitative estimate of drug-likeness (QED) is 0.748. The number of esters is 1. The van der Waals surface area contributed by atoms with E-state index in [1.807, 2.05) is 24.3 Å². The van der Waals surface area contributed by atoms with E-state index >= 15 is 0 Å². The fraction of sp³-hybridized carbons (Fsp3) is 0.556. The number of ether oxygens (including phenoxy) is 2. The van der Waals surface area contributed by atoms with Gasteiger partial charge in [0.05, 0.1) is 7.11 Å². The molecule has 1 aromatic rings. The summed E-state index contributed by atoms with van der Waals surface area (Å²) in [6.45, 7) is 0.333. The van der Waals surface area contributed by atoms with E-state index in [4.69, 9.17) is 9.47 Å². The Morgan fingerprint density at radius 1 is 1.17 bits per heavy atom. The van der Waals surface area contributed by atoms with Gasteiger partial charge in [0.25, 0.3) is 5.91 Å². The zero-order valence-electron chi connectivity index (χ0n) is 13.7. The van der Waals surface area contributed by atoms with Crippen molar-refractivity contribution in [2.24, 2.45) is 5.92 Å². The molecule has 1 aliphatic rings. The van der Waals surface area contributed by atoms with Crippen molar-refractivity contribution in [3.63, 3.8) is 0 Å². The second kappa shape index (κ2) is 9.18. The molecule has 1 aliphatic carbocycles. The van der Waals surface area contributed by atoms with Crippen LogP contribution in [0.4, 0.5) is 0 Å². The molecule has 1 amide bonds. The molecule has 1 aromatic carbocycles. The second-order valence-corrected chi connectivity index (χ2v) is 5.96. The number of amides is 1. The summed E-state index contributed by atoms with van der Waals surface area (Å²) in [5, 5.41) is 2.76. The maximum Gasteiger partial charge on any atom is 0.306 e. The van der Waals surface area contributed by atoms with Gasteiger partial charge in [0, 0.05) is 13.0 Å². The van der Waals surface area contributed by atoms with Gasteiger partial charge in [-0.3, -0.25) is 9.59 Å². The lowest BCUT2D eigenvalue weighted by Crippen LogP contribution is -2.30. The van der Waals surface area contributed by atoms with E-state index in [-0.39, 0.29) is 18.5 Å². The van der Waals surface area contributed by atoms with E-state index in [9.17, 15) is 9.59 Å². The maximum atomic E-state index is 11.7. The van der Waals surface area contributed by atoms with E-state index in [0.29, 0.717) is 18.9 Å². The molecule has 1 fully saturated rings. The molecular formula is C18H25NO4. The number of benzene rings is 1. The van der Waals surface area contributed by atoms with Crippen LogP contribution >= 0.6 is 0 Å². The average molecular weight is 319 g/mol. The van der Waals surface area contributed by atoms with Crippen molar-refractivity contribution in [3.8, 4) is 5.75 Å². The van der Waals surface area contributed by atoms with Crippen molar-refractivity contribution >= 4 is 11.9 Å². The molecule has 0 bridgehead atoms. The van der Waals surface area contributed by atoms with Gasteiger partial charge in [0.2, 0.25) is 0 Å². The van der Waals surface area contributed by atoms with Crippen molar-refractivity contribution < 1.29 is 19.1 Å². The van der Waals surface area contributed by atoms with Crippen molar-refractivity contribution in [2.75, 3.05) is 20.3 Å². The monoisotopic (exact) mass is 319 g/mol. The Morgan fingerprint density at radius 3 is 2.52 bits per heavy atom. The Balaban J connectivity index is 1.58. The zero-order chi connectivity index (χ0) is 16.5. The third-order valence-electron chi connectivity index (χ3n) is 4.19. The van der Waals surface area contributed by atoms with Crippen molar-refractivity contribution in [1.29, 1.82) is 0 Å². The number of rotatable bonds is 8. The lowest BCUT2D eigenvalue weighted by Gasteiger charge is -2.09. The summed E-state index contributed by atoms with van der Waals surface area (Å²) in [5.41, 5.74) is 1.12. The summed E-state index contributed by atoms with van der Waals surface area (Å²) in [6, 6.07) is 7.71. The molecular weight excluding hydrogens is 294 g/mol. The van der Waals surface area contributed by atoms with Crippen LogP contribution in [0.15, 0.2) is 24.3 Å². The Labute approximate surface area is 137 Å². The number of methoxy groups -OCH3 is 1. The molecule has 0 atom stereocenters. The third-order valence-corrected chi connectivity index (χ3v) is 4.19. The van der Waals surface area contributed by atoms with Crippen LogP contribution in [0, 0.1) is 5.92 Å². The first-order valence-corrected chi connectivity index (χ1v) is 8.22. The number of carbonyl (C=O) groups excluding carboxylic acids is 2. The summed E-state index contributed by atoms with van der Waals surface area (Å²) in [5.74, 6) is 0.744. The second-order valence-electron chi connectivity index (χ2n) is 5.96. The highest BCUT2D eigenvalue weighted by atomic mass is 16.5. The molecule has 0 heterocycles. The zero-order valence-corrected chi connectivity index (χ0v) is 13.7. The first-order valence-electron chi connectivity index (χ1n) is 8.22. The molecule has 2 rings (SSSR count). The molecule has 5 heteroatoms. The van der Waals surface area contributed by atoms with Gasteiger partial charge in [-0.1, -0.05) is 25.0 Å². The van der Waals surface area contributed by atoms with Crippen LogP contribution in [0.5, 0.6) is 5.75 Å². The van der Waals surface area contributed by atoms with Crippen LogP contribution < -0.4 is 10.1 Å². The largest absolute Gasteiger partial charge is 0.497 e. The fourth-order valence-corrected chi connectivity index (χ4v) is 2.84. The predicted octanol–water partition coefficient (Wildman–Crippen LogP) is 2.48. The number of hydrogen-bond acceptors (Lipinski definition) is 4. The Kier molecular flexibility index (Phi) is 6.91. The van der Waals surface area contributed by atoms with Crippen LogP contribution in [0.2, 0.25) is 0 Å². The Hall–Kier alpha value is -2.04. The van der Waals surface area contributed by atoms with Crippen molar-refractivity contribution in [3.05, 3.63) is 29.8 Å². The fourth-order valence-electron chi connectivity index (χ4n) is 2.84. The first kappa shape index (κ1) is 17.3. The highest BCUT2D eigenvalue weighted by Gasteiger charge is 2.19. The van der Waals surface area contributed by atoms with Gasteiger partial charge in [-0.15, -0.1) is 0 Å². The molecule has 0 unspecified atom stereocenters. The summed E-state index contributed by atoms with van der Waals surface area (Å²) < 4.78 is 10.1. The third kappa shape index (κ3) is 6.30. The maximum absolute atomic E-state index is 11.7. The molecule has 23 heavy (non-hydrogen) atoms. The van der Waals surface area contributed by atoms with E-state index in [2.05, 4.69) is 5.32 Å². The van der Waals surface area contributed by atoms with Crippen LogP contribution in [0.3, 0.4) is 0 Å². The van der Waals surface area contributed by atoms with Crippen molar-refractivity contribution in [1.82, 2.24) is 5.32 Å². The Bertz CT molecular complexity index is 506. The molecule has 0 saturated heterocycles. The molecule has 0 aliphatic heterocycles. The van der Waals surface area contributed by atoms with Gasteiger partial charge in [-0.2, -0.15) is 0 Å². The molecule has 1 N–H and O–H groups in total. The SMILES string of the molecule is COc1ccc(CCNC(=O)COC(=O)CC2CCCC2)cc1. The molecule has 0 radical (unpaired) electrons. The standard InChI is InChI=1S/C18H25NO4/c1-22-16-8-6-14(7-9-16)10-11-19-17(20)13-23-18(21)12-15-4-2-3-5-15/h6-9,15H,2-5,10-13H2,1H3,(H,19,20). The van der Waals surface area contributed by atoms with E-state index < -0.39 is 0 Å². The van der Waals surface area contributed by atoms with Crippen LogP contribution in [-0.4, -0.2) is 32.1 Å². The molecule has 126 valence electrons. The summed E-state index contributed by atoms with van der Waals surface area (Å²) in [4.78, 5) is 23.3. The van der Waals surface area contributed by atoms with E-state index in [1.54, 1.807) is 7.11 Å². The Morgan fingerprint density at radius 2 is 1.87 bits per heavy atom. The van der Waals surface area contributed by atoms with Crippen LogP contribution in [0.25, 0.3) is 0 Å². The summed E-state index contributed by atoms with van der Waals surface area (Å²) in [6.07, 6.45) is 5.77. The number of nitrogens with one attached hydrogen (secondary N) is 1. The topological polar surface area (TPSA) is 64.6 Å². The lowest BCUT2D eigenvalue weighted by molar-refractivity contribution is -0.149. The smallest absolute Gasteiger partial charge is 0.306 e. The van der Waals surface area contributed by atoms with E-state index in [0.717, 1.165) is 30.6 Å². The highest BCUT2D eigenvalue weighted by molar-refractivity contribution is 5.80. The average Bonchev–Trinajstić information content (AvgIpc) is 3.06. The van der Waals surface area contributed by atoms with Gasteiger partial charge < -0.3 is 14.8 Å². The van der Waals surface area contributed by atoms with Gasteiger partial charge in [-0.25, -0.2) is 0 Å². The molecule has 0 spiro atoms. The van der Waals surface area contributed by atoms with Gasteiger partial charge in [0.15, 0.2) is 6.61 Å².